The van der Waals surface area contributed by atoms with E-state index in [0.29, 0.717) is 23.6 Å². The van der Waals surface area contributed by atoms with Crippen molar-refractivity contribution in [3.05, 3.63) is 75.0 Å². The molecule has 2 heterocycles. The minimum atomic E-state index is -0.260. The Balaban J connectivity index is 1.75. The number of carbonyl (C=O) groups excluding carboxylic acids is 2. The molecule has 1 aliphatic rings. The lowest BCUT2D eigenvalue weighted by molar-refractivity contribution is -0.123. The topological polar surface area (TPSA) is 42.3 Å². The van der Waals surface area contributed by atoms with Crippen LogP contribution in [0, 0.1) is 11.7 Å². The second-order valence-corrected chi connectivity index (χ2v) is 9.56. The Morgan fingerprint density at radius 2 is 1.93 bits per heavy atom. The Morgan fingerprint density at radius 3 is 2.67 bits per heavy atom. The largest absolute Gasteiger partial charge is 0.342 e. The fourth-order valence-electron chi connectivity index (χ4n) is 3.52. The predicted octanol–water partition coefficient (Wildman–Crippen LogP) is 6.28. The molecule has 1 fully saturated rings. The highest BCUT2D eigenvalue weighted by atomic mass is 79.9. The molecular formula is C23H20BrFN2O2S. The fraction of sp³-hybridized carbons (Fsp3) is 0.217. The van der Waals surface area contributed by atoms with Gasteiger partial charge in [0.05, 0.1) is 11.4 Å². The van der Waals surface area contributed by atoms with E-state index in [1.54, 1.807) is 18.2 Å². The lowest BCUT2D eigenvalue weighted by Gasteiger charge is -2.14. The number of hydrogen-bond donors (Lipinski definition) is 0. The van der Waals surface area contributed by atoms with Gasteiger partial charge in [0.15, 0.2) is 0 Å². The molecule has 0 spiro atoms. The van der Waals surface area contributed by atoms with E-state index in [2.05, 4.69) is 15.9 Å². The van der Waals surface area contributed by atoms with Crippen molar-refractivity contribution < 1.29 is 14.0 Å². The molecule has 0 unspecified atom stereocenters. The lowest BCUT2D eigenvalue weighted by atomic mass is 10.1. The first kappa shape index (κ1) is 20.9. The molecule has 30 heavy (non-hydrogen) atoms. The van der Waals surface area contributed by atoms with Crippen LogP contribution in [-0.4, -0.2) is 27.2 Å². The Bertz CT molecular complexity index is 1190. The van der Waals surface area contributed by atoms with Gasteiger partial charge in [-0.1, -0.05) is 48.0 Å². The number of benzene rings is 2. The van der Waals surface area contributed by atoms with E-state index in [0.717, 1.165) is 32.7 Å². The molecule has 4 nitrogen and oxygen atoms in total. The van der Waals surface area contributed by atoms with E-state index in [1.807, 2.05) is 48.9 Å². The molecule has 3 aromatic rings. The van der Waals surface area contributed by atoms with Gasteiger partial charge in [-0.3, -0.25) is 14.5 Å². The third-order valence-electron chi connectivity index (χ3n) is 4.88. The van der Waals surface area contributed by atoms with Crippen LogP contribution < -0.4 is 0 Å². The summed E-state index contributed by atoms with van der Waals surface area (Å²) >= 11 is 4.47. The standard InChI is InChI=1S/C23H20BrFN2O2S/c1-14(2)11-27-22(28)21(30-23(27)29)9-16-13-26(12-15-5-3-4-6-19(15)25)20-8-7-17(24)10-18(16)20/h3-10,13-14H,11-12H2,1-2H3/b21-9-. The summed E-state index contributed by atoms with van der Waals surface area (Å²) in [5, 5.41) is 0.688. The molecule has 0 N–H and O–H groups in total. The van der Waals surface area contributed by atoms with Crippen LogP contribution in [0.5, 0.6) is 0 Å². The summed E-state index contributed by atoms with van der Waals surface area (Å²) in [7, 11) is 0. The number of hydrogen-bond acceptors (Lipinski definition) is 3. The Labute approximate surface area is 186 Å². The molecule has 7 heteroatoms. The summed E-state index contributed by atoms with van der Waals surface area (Å²) in [6.07, 6.45) is 3.66. The first-order valence-corrected chi connectivity index (χ1v) is 11.2. The molecule has 1 aliphatic heterocycles. The summed E-state index contributed by atoms with van der Waals surface area (Å²) in [4.78, 5) is 26.8. The number of aromatic nitrogens is 1. The van der Waals surface area contributed by atoms with E-state index in [9.17, 15) is 14.0 Å². The average molecular weight is 487 g/mol. The van der Waals surface area contributed by atoms with Crippen LogP contribution in [-0.2, 0) is 11.3 Å². The van der Waals surface area contributed by atoms with Crippen LogP contribution in [0.2, 0.25) is 0 Å². The summed E-state index contributed by atoms with van der Waals surface area (Å²) < 4.78 is 17.1. The number of thioether (sulfide) groups is 1. The van der Waals surface area contributed by atoms with Gasteiger partial charge in [-0.2, -0.15) is 0 Å². The molecule has 0 bridgehead atoms. The number of nitrogens with zero attached hydrogens (tertiary/aromatic N) is 2. The Kier molecular flexibility index (Phi) is 5.84. The van der Waals surface area contributed by atoms with Crippen molar-refractivity contribution in [3.63, 3.8) is 0 Å². The van der Waals surface area contributed by atoms with Crippen LogP contribution >= 0.6 is 27.7 Å². The van der Waals surface area contributed by atoms with Crippen LogP contribution in [0.25, 0.3) is 17.0 Å². The zero-order valence-electron chi connectivity index (χ0n) is 16.6. The van der Waals surface area contributed by atoms with Gasteiger partial charge in [0, 0.05) is 39.2 Å². The molecule has 0 radical (unpaired) electrons. The van der Waals surface area contributed by atoms with Gasteiger partial charge in [-0.05, 0) is 48.0 Å². The molecule has 2 amide bonds. The lowest BCUT2D eigenvalue weighted by Crippen LogP contribution is -2.31. The molecule has 154 valence electrons. The molecule has 0 atom stereocenters. The number of carbonyl (C=O) groups is 2. The average Bonchev–Trinajstić information content (AvgIpc) is 3.15. The number of halogens is 2. The maximum Gasteiger partial charge on any atom is 0.293 e. The molecule has 2 aromatic carbocycles. The molecule has 0 saturated carbocycles. The van der Waals surface area contributed by atoms with E-state index in [1.165, 1.54) is 11.0 Å². The molecule has 1 aromatic heterocycles. The number of amides is 2. The molecule has 1 saturated heterocycles. The third-order valence-corrected chi connectivity index (χ3v) is 6.28. The zero-order chi connectivity index (χ0) is 21.4. The van der Waals surface area contributed by atoms with Crippen LogP contribution in [0.4, 0.5) is 9.18 Å². The van der Waals surface area contributed by atoms with E-state index >= 15 is 0 Å². The van der Waals surface area contributed by atoms with Gasteiger partial charge < -0.3 is 4.57 Å². The number of fused-ring (bicyclic) bond motifs is 1. The second kappa shape index (κ2) is 8.40. The van der Waals surface area contributed by atoms with Crippen LogP contribution in [0.3, 0.4) is 0 Å². The van der Waals surface area contributed by atoms with Crippen molar-refractivity contribution in [1.29, 1.82) is 0 Å². The van der Waals surface area contributed by atoms with Crippen LogP contribution in [0.1, 0.15) is 25.0 Å². The van der Waals surface area contributed by atoms with Gasteiger partial charge in [0.2, 0.25) is 0 Å². The highest BCUT2D eigenvalue weighted by molar-refractivity contribution is 9.10. The Morgan fingerprint density at radius 1 is 1.17 bits per heavy atom. The summed E-state index contributed by atoms with van der Waals surface area (Å²) in [6, 6.07) is 12.6. The second-order valence-electron chi connectivity index (χ2n) is 7.65. The monoisotopic (exact) mass is 486 g/mol. The Hall–Kier alpha value is -2.38. The first-order valence-electron chi connectivity index (χ1n) is 9.60. The van der Waals surface area contributed by atoms with Crippen molar-refractivity contribution in [2.45, 2.75) is 20.4 Å². The SMILES string of the molecule is CC(C)CN1C(=O)S/C(=C\c2cn(Cc3ccccc3F)c3ccc(Br)cc23)C1=O. The first-order chi connectivity index (χ1) is 14.3. The third kappa shape index (κ3) is 4.09. The summed E-state index contributed by atoms with van der Waals surface area (Å²) in [5.74, 6) is -0.312. The number of rotatable bonds is 5. The quantitative estimate of drug-likeness (QED) is 0.398. The molecule has 0 aliphatic carbocycles. The van der Waals surface area contributed by atoms with Gasteiger partial charge in [-0.25, -0.2) is 4.39 Å². The fourth-order valence-corrected chi connectivity index (χ4v) is 4.72. The van der Waals surface area contributed by atoms with Gasteiger partial charge in [-0.15, -0.1) is 0 Å². The summed E-state index contributed by atoms with van der Waals surface area (Å²) in [6.45, 7) is 4.72. The van der Waals surface area contributed by atoms with Crippen molar-refractivity contribution in [2.24, 2.45) is 5.92 Å². The van der Waals surface area contributed by atoms with Crippen LogP contribution in [0.15, 0.2) is 58.0 Å². The molecular weight excluding hydrogens is 467 g/mol. The highest BCUT2D eigenvalue weighted by Gasteiger charge is 2.35. The minimum Gasteiger partial charge on any atom is -0.342 e. The van der Waals surface area contributed by atoms with Crippen molar-refractivity contribution in [3.8, 4) is 0 Å². The van der Waals surface area contributed by atoms with Crippen molar-refractivity contribution >= 4 is 55.8 Å². The normalized spacial score (nSPS) is 15.9. The van der Waals surface area contributed by atoms with Gasteiger partial charge in [0.25, 0.3) is 11.1 Å². The smallest absolute Gasteiger partial charge is 0.293 e. The van der Waals surface area contributed by atoms with E-state index in [4.69, 9.17) is 0 Å². The molecule has 4 rings (SSSR count). The zero-order valence-corrected chi connectivity index (χ0v) is 19.0. The maximum atomic E-state index is 14.2. The maximum absolute atomic E-state index is 14.2. The van der Waals surface area contributed by atoms with E-state index in [-0.39, 0.29) is 22.9 Å². The van der Waals surface area contributed by atoms with E-state index < -0.39 is 0 Å². The highest BCUT2D eigenvalue weighted by Crippen LogP contribution is 2.35. The van der Waals surface area contributed by atoms with Gasteiger partial charge in [0.1, 0.15) is 5.82 Å². The van der Waals surface area contributed by atoms with Crippen molar-refractivity contribution in [1.82, 2.24) is 9.47 Å². The van der Waals surface area contributed by atoms with Gasteiger partial charge >= 0.3 is 0 Å². The minimum absolute atomic E-state index is 0.205. The summed E-state index contributed by atoms with van der Waals surface area (Å²) in [5.41, 5.74) is 2.33. The van der Waals surface area contributed by atoms with Crippen molar-refractivity contribution in [2.75, 3.05) is 6.54 Å². The predicted molar refractivity (Wildman–Crippen MR) is 123 cm³/mol. The number of imide groups is 1.